The Morgan fingerprint density at radius 1 is 1.58 bits per heavy atom. The maximum absolute atomic E-state index is 10.6. The van der Waals surface area contributed by atoms with Gasteiger partial charge in [-0.15, -0.1) is 0 Å². The molecule has 0 N–H and O–H groups in total. The molecule has 4 heteroatoms. The van der Waals surface area contributed by atoms with Crippen molar-refractivity contribution in [2.24, 2.45) is 0 Å². The Bertz CT molecular complexity index is 273. The number of ketones is 1. The Hall–Kier alpha value is -1.58. The summed E-state index contributed by atoms with van der Waals surface area (Å²) in [6.07, 6.45) is 1.47. The summed E-state index contributed by atoms with van der Waals surface area (Å²) in [5, 5.41) is 0. The molecule has 1 aromatic rings. The standard InChI is InChI=1S/C8H8O4/c1-6(9)8(10)12-5-7-3-2-4-11-7/h2-4H,5H2,1H3. The Morgan fingerprint density at radius 2 is 2.33 bits per heavy atom. The molecule has 0 unspecified atom stereocenters. The van der Waals surface area contributed by atoms with E-state index in [9.17, 15) is 9.59 Å². The van der Waals surface area contributed by atoms with Crippen molar-refractivity contribution in [2.45, 2.75) is 13.5 Å². The lowest BCUT2D eigenvalue weighted by atomic mass is 10.4. The van der Waals surface area contributed by atoms with E-state index in [-0.39, 0.29) is 6.61 Å². The second-order valence-corrected chi connectivity index (χ2v) is 2.21. The van der Waals surface area contributed by atoms with Crippen LogP contribution in [0.3, 0.4) is 0 Å². The molecule has 0 aliphatic rings. The first kappa shape index (κ1) is 8.52. The molecule has 0 atom stereocenters. The first-order valence-corrected chi connectivity index (χ1v) is 3.40. The van der Waals surface area contributed by atoms with Gasteiger partial charge in [0.15, 0.2) is 0 Å². The maximum atomic E-state index is 10.6. The molecule has 12 heavy (non-hydrogen) atoms. The highest BCUT2D eigenvalue weighted by molar-refractivity contribution is 6.32. The molecule has 0 saturated heterocycles. The fourth-order valence-corrected chi connectivity index (χ4v) is 0.633. The molecule has 0 bridgehead atoms. The predicted molar refractivity (Wildman–Crippen MR) is 39.2 cm³/mol. The van der Waals surface area contributed by atoms with Crippen LogP contribution < -0.4 is 0 Å². The van der Waals surface area contributed by atoms with Crippen LogP contribution in [0.4, 0.5) is 0 Å². The fourth-order valence-electron chi connectivity index (χ4n) is 0.633. The van der Waals surface area contributed by atoms with Gasteiger partial charge < -0.3 is 9.15 Å². The van der Waals surface area contributed by atoms with Gasteiger partial charge in [0, 0.05) is 6.92 Å². The zero-order valence-electron chi connectivity index (χ0n) is 6.57. The minimum atomic E-state index is -0.841. The molecule has 0 radical (unpaired) electrons. The number of Topliss-reactive ketones (excluding diaryl/α,β-unsaturated/α-hetero) is 1. The van der Waals surface area contributed by atoms with Gasteiger partial charge in [0.05, 0.1) is 6.26 Å². The minimum absolute atomic E-state index is 0.00537. The van der Waals surface area contributed by atoms with Gasteiger partial charge in [-0.05, 0) is 12.1 Å². The summed E-state index contributed by atoms with van der Waals surface area (Å²) in [6.45, 7) is 1.16. The van der Waals surface area contributed by atoms with Crippen LogP contribution in [-0.2, 0) is 20.9 Å². The van der Waals surface area contributed by atoms with Crippen molar-refractivity contribution in [1.82, 2.24) is 0 Å². The summed E-state index contributed by atoms with van der Waals surface area (Å²) in [4.78, 5) is 21.0. The lowest BCUT2D eigenvalue weighted by Crippen LogP contribution is -2.13. The summed E-state index contributed by atoms with van der Waals surface area (Å²) in [6, 6.07) is 3.34. The molecule has 1 rings (SSSR count). The Balaban J connectivity index is 2.37. The summed E-state index contributed by atoms with van der Waals surface area (Å²) in [7, 11) is 0. The quantitative estimate of drug-likeness (QED) is 0.497. The number of furan rings is 1. The van der Waals surface area contributed by atoms with Crippen LogP contribution in [0.15, 0.2) is 22.8 Å². The lowest BCUT2D eigenvalue weighted by molar-refractivity contribution is -0.154. The van der Waals surface area contributed by atoms with Crippen molar-refractivity contribution in [1.29, 1.82) is 0 Å². The number of rotatable bonds is 3. The van der Waals surface area contributed by atoms with Gasteiger partial charge in [-0.25, -0.2) is 4.79 Å². The van der Waals surface area contributed by atoms with Crippen LogP contribution in [0, 0.1) is 0 Å². The lowest BCUT2D eigenvalue weighted by Gasteiger charge is -1.97. The van der Waals surface area contributed by atoms with E-state index in [1.807, 2.05) is 0 Å². The van der Waals surface area contributed by atoms with Gasteiger partial charge in [0.1, 0.15) is 12.4 Å². The summed E-state index contributed by atoms with van der Waals surface area (Å²) < 4.78 is 9.44. The molecular weight excluding hydrogens is 160 g/mol. The van der Waals surface area contributed by atoms with Crippen molar-refractivity contribution < 1.29 is 18.7 Å². The fraction of sp³-hybridized carbons (Fsp3) is 0.250. The number of esters is 1. The summed E-state index contributed by atoms with van der Waals surface area (Å²) in [5.41, 5.74) is 0. The summed E-state index contributed by atoms with van der Waals surface area (Å²) >= 11 is 0. The first-order valence-electron chi connectivity index (χ1n) is 3.40. The Kier molecular flexibility index (Phi) is 2.63. The van der Waals surface area contributed by atoms with Crippen LogP contribution in [0.25, 0.3) is 0 Å². The van der Waals surface area contributed by atoms with Crippen molar-refractivity contribution in [3.63, 3.8) is 0 Å². The van der Waals surface area contributed by atoms with Gasteiger partial charge in [-0.3, -0.25) is 4.79 Å². The molecule has 4 nitrogen and oxygen atoms in total. The van der Waals surface area contributed by atoms with Gasteiger partial charge in [0.25, 0.3) is 0 Å². The second kappa shape index (κ2) is 3.71. The number of carbonyl (C=O) groups is 2. The molecule has 0 aliphatic carbocycles. The Labute approximate surface area is 69.1 Å². The highest BCUT2D eigenvalue weighted by Crippen LogP contribution is 2.01. The van der Waals surface area contributed by atoms with Gasteiger partial charge in [0.2, 0.25) is 5.78 Å². The van der Waals surface area contributed by atoms with Crippen LogP contribution in [0.5, 0.6) is 0 Å². The first-order chi connectivity index (χ1) is 5.70. The van der Waals surface area contributed by atoms with Crippen molar-refractivity contribution >= 4 is 11.8 Å². The van der Waals surface area contributed by atoms with E-state index in [4.69, 9.17) is 4.42 Å². The molecule has 64 valence electrons. The van der Waals surface area contributed by atoms with Gasteiger partial charge >= 0.3 is 5.97 Å². The van der Waals surface area contributed by atoms with Crippen molar-refractivity contribution in [2.75, 3.05) is 0 Å². The number of hydrogen-bond donors (Lipinski definition) is 0. The third kappa shape index (κ3) is 2.23. The normalized spacial score (nSPS) is 9.42. The molecule has 0 amide bonds. The van der Waals surface area contributed by atoms with Crippen LogP contribution in [-0.4, -0.2) is 11.8 Å². The third-order valence-electron chi connectivity index (χ3n) is 1.21. The number of hydrogen-bond acceptors (Lipinski definition) is 4. The average molecular weight is 168 g/mol. The Morgan fingerprint density at radius 3 is 2.83 bits per heavy atom. The second-order valence-electron chi connectivity index (χ2n) is 2.21. The zero-order valence-corrected chi connectivity index (χ0v) is 6.57. The minimum Gasteiger partial charge on any atom is -0.466 e. The number of carbonyl (C=O) groups excluding carboxylic acids is 2. The molecule has 1 aromatic heterocycles. The highest BCUT2D eigenvalue weighted by atomic mass is 16.5. The van der Waals surface area contributed by atoms with E-state index in [2.05, 4.69) is 4.74 Å². The van der Waals surface area contributed by atoms with E-state index in [0.29, 0.717) is 5.76 Å². The van der Waals surface area contributed by atoms with Crippen molar-refractivity contribution in [3.05, 3.63) is 24.2 Å². The summed E-state index contributed by atoms with van der Waals surface area (Å²) in [5.74, 6) is -0.933. The molecule has 0 fully saturated rings. The monoisotopic (exact) mass is 168 g/mol. The van der Waals surface area contributed by atoms with E-state index in [1.54, 1.807) is 12.1 Å². The molecule has 0 saturated carbocycles. The van der Waals surface area contributed by atoms with Gasteiger partial charge in [-0.1, -0.05) is 0 Å². The molecule has 0 aromatic carbocycles. The largest absolute Gasteiger partial charge is 0.466 e. The van der Waals surface area contributed by atoms with E-state index in [1.165, 1.54) is 6.26 Å². The SMILES string of the molecule is CC(=O)C(=O)OCc1ccco1. The van der Waals surface area contributed by atoms with Crippen LogP contribution >= 0.6 is 0 Å². The zero-order chi connectivity index (χ0) is 8.97. The van der Waals surface area contributed by atoms with Gasteiger partial charge in [-0.2, -0.15) is 0 Å². The third-order valence-corrected chi connectivity index (χ3v) is 1.21. The maximum Gasteiger partial charge on any atom is 0.374 e. The van der Waals surface area contributed by atoms with E-state index in [0.717, 1.165) is 6.92 Å². The van der Waals surface area contributed by atoms with Crippen LogP contribution in [0.1, 0.15) is 12.7 Å². The molecule has 0 spiro atoms. The van der Waals surface area contributed by atoms with E-state index < -0.39 is 11.8 Å². The molecule has 0 aliphatic heterocycles. The van der Waals surface area contributed by atoms with Crippen LogP contribution in [0.2, 0.25) is 0 Å². The number of ether oxygens (including phenoxy) is 1. The van der Waals surface area contributed by atoms with E-state index >= 15 is 0 Å². The topological polar surface area (TPSA) is 56.5 Å². The average Bonchev–Trinajstić information content (AvgIpc) is 2.51. The highest BCUT2D eigenvalue weighted by Gasteiger charge is 2.09. The molecular formula is C8H8O4. The van der Waals surface area contributed by atoms with Crippen molar-refractivity contribution in [3.8, 4) is 0 Å². The molecule has 1 heterocycles. The predicted octanol–water partition coefficient (Wildman–Crippen LogP) is 0.912. The smallest absolute Gasteiger partial charge is 0.374 e.